The Morgan fingerprint density at radius 1 is 0.778 bits per heavy atom. The number of hydrogen-bond donors (Lipinski definition) is 2. The average molecular weight is 374 g/mol. The summed E-state index contributed by atoms with van der Waals surface area (Å²) in [4.78, 5) is 44.1. The number of hydrogen-bond acceptors (Lipinski definition) is 7. The standard InChI is InChI=1S/C16H14N4O7/c21-15(17-11-5-1-3-7-13(11)19(23)24)9-27-10-16(22)18-12-6-2-4-8-14(12)20(25)26/h1-8H,9-10H2,(H,17,21)(H,18,22). The molecule has 0 aromatic heterocycles. The molecule has 140 valence electrons. The van der Waals surface area contributed by atoms with Gasteiger partial charge >= 0.3 is 0 Å². The highest BCUT2D eigenvalue weighted by molar-refractivity contribution is 5.95. The van der Waals surface area contributed by atoms with E-state index in [9.17, 15) is 29.8 Å². The quantitative estimate of drug-likeness (QED) is 0.529. The van der Waals surface area contributed by atoms with Crippen LogP contribution < -0.4 is 10.6 Å². The van der Waals surface area contributed by atoms with E-state index in [1.165, 1.54) is 48.5 Å². The maximum absolute atomic E-state index is 11.8. The summed E-state index contributed by atoms with van der Waals surface area (Å²) in [5.74, 6) is -1.38. The summed E-state index contributed by atoms with van der Waals surface area (Å²) >= 11 is 0. The van der Waals surface area contributed by atoms with Crippen molar-refractivity contribution in [3.63, 3.8) is 0 Å². The van der Waals surface area contributed by atoms with Crippen molar-refractivity contribution in [1.82, 2.24) is 0 Å². The summed E-state index contributed by atoms with van der Waals surface area (Å²) in [6.07, 6.45) is 0. The van der Waals surface area contributed by atoms with Crippen LogP contribution in [0.1, 0.15) is 0 Å². The van der Waals surface area contributed by atoms with Gasteiger partial charge in [-0.15, -0.1) is 0 Å². The lowest BCUT2D eigenvalue weighted by Crippen LogP contribution is -2.24. The van der Waals surface area contributed by atoms with Gasteiger partial charge in [-0.1, -0.05) is 24.3 Å². The first-order valence-electron chi connectivity index (χ1n) is 7.52. The Morgan fingerprint density at radius 3 is 1.52 bits per heavy atom. The normalized spacial score (nSPS) is 10.1. The number of benzene rings is 2. The Kier molecular flexibility index (Phi) is 6.49. The molecular formula is C16H14N4O7. The maximum Gasteiger partial charge on any atom is 0.292 e. The highest BCUT2D eigenvalue weighted by Crippen LogP contribution is 2.23. The lowest BCUT2D eigenvalue weighted by Gasteiger charge is -2.08. The number of nitrogens with zero attached hydrogens (tertiary/aromatic N) is 2. The van der Waals surface area contributed by atoms with Gasteiger partial charge in [-0.2, -0.15) is 0 Å². The molecule has 2 N–H and O–H groups in total. The molecule has 0 fully saturated rings. The monoisotopic (exact) mass is 374 g/mol. The van der Waals surface area contributed by atoms with Crippen molar-refractivity contribution in [3.05, 3.63) is 68.8 Å². The van der Waals surface area contributed by atoms with E-state index >= 15 is 0 Å². The van der Waals surface area contributed by atoms with Crippen molar-refractivity contribution in [1.29, 1.82) is 0 Å². The molecule has 2 aromatic rings. The number of nitro benzene ring substituents is 2. The second-order valence-corrected chi connectivity index (χ2v) is 5.14. The molecule has 0 radical (unpaired) electrons. The highest BCUT2D eigenvalue weighted by Gasteiger charge is 2.16. The summed E-state index contributed by atoms with van der Waals surface area (Å²) in [5.41, 5.74) is -0.555. The van der Waals surface area contributed by atoms with Crippen molar-refractivity contribution < 1.29 is 24.2 Å². The molecule has 0 saturated heterocycles. The number of para-hydroxylation sites is 4. The number of anilines is 2. The fourth-order valence-corrected chi connectivity index (χ4v) is 2.09. The maximum atomic E-state index is 11.8. The smallest absolute Gasteiger partial charge is 0.292 e. The Balaban J connectivity index is 1.84. The third-order valence-corrected chi connectivity index (χ3v) is 3.22. The summed E-state index contributed by atoms with van der Waals surface area (Å²) in [6, 6.07) is 11.1. The van der Waals surface area contributed by atoms with Crippen LogP contribution in [0.15, 0.2) is 48.5 Å². The number of rotatable bonds is 8. The number of carbonyl (C=O) groups excluding carboxylic acids is 2. The number of nitrogens with one attached hydrogen (secondary N) is 2. The predicted molar refractivity (Wildman–Crippen MR) is 94.3 cm³/mol. The van der Waals surface area contributed by atoms with Crippen molar-refractivity contribution in [2.75, 3.05) is 23.8 Å². The van der Waals surface area contributed by atoms with Gasteiger partial charge in [-0.05, 0) is 12.1 Å². The summed E-state index contributed by atoms with van der Waals surface area (Å²) in [5, 5.41) is 26.4. The molecule has 11 heteroatoms. The van der Waals surface area contributed by atoms with E-state index in [1.807, 2.05) is 0 Å². The van der Waals surface area contributed by atoms with Gasteiger partial charge in [0, 0.05) is 12.1 Å². The van der Waals surface area contributed by atoms with Gasteiger partial charge in [0.15, 0.2) is 0 Å². The van der Waals surface area contributed by atoms with Crippen molar-refractivity contribution in [2.24, 2.45) is 0 Å². The van der Waals surface area contributed by atoms with Crippen LogP contribution in [-0.2, 0) is 14.3 Å². The molecule has 0 saturated carbocycles. The molecule has 2 amide bonds. The van der Waals surface area contributed by atoms with E-state index in [4.69, 9.17) is 4.74 Å². The lowest BCUT2D eigenvalue weighted by molar-refractivity contribution is -0.384. The molecule has 2 aromatic carbocycles. The second-order valence-electron chi connectivity index (χ2n) is 5.14. The molecule has 0 unspecified atom stereocenters. The van der Waals surface area contributed by atoms with E-state index in [0.29, 0.717) is 0 Å². The third-order valence-electron chi connectivity index (χ3n) is 3.22. The van der Waals surface area contributed by atoms with Crippen LogP contribution in [0, 0.1) is 20.2 Å². The van der Waals surface area contributed by atoms with Gasteiger partial charge in [0.2, 0.25) is 0 Å². The molecular weight excluding hydrogens is 360 g/mol. The Hall–Kier alpha value is -3.86. The molecule has 0 aliphatic carbocycles. The van der Waals surface area contributed by atoms with Gasteiger partial charge in [-0.3, -0.25) is 29.8 Å². The lowest BCUT2D eigenvalue weighted by atomic mass is 10.2. The zero-order valence-electron chi connectivity index (χ0n) is 13.8. The summed E-state index contributed by atoms with van der Waals surface area (Å²) in [7, 11) is 0. The van der Waals surface area contributed by atoms with E-state index < -0.39 is 34.9 Å². The third kappa shape index (κ3) is 5.57. The molecule has 0 heterocycles. The Labute approximate surface area is 152 Å². The molecule has 0 aliphatic rings. The molecule has 11 nitrogen and oxygen atoms in total. The van der Waals surface area contributed by atoms with Crippen molar-refractivity contribution in [3.8, 4) is 0 Å². The van der Waals surface area contributed by atoms with Gasteiger partial charge in [-0.25, -0.2) is 0 Å². The van der Waals surface area contributed by atoms with Crippen LogP contribution >= 0.6 is 0 Å². The van der Waals surface area contributed by atoms with Gasteiger partial charge < -0.3 is 15.4 Å². The van der Waals surface area contributed by atoms with Crippen LogP contribution in [0.5, 0.6) is 0 Å². The minimum absolute atomic E-state index is 0.000428. The van der Waals surface area contributed by atoms with Gasteiger partial charge in [0.1, 0.15) is 24.6 Å². The largest absolute Gasteiger partial charge is 0.362 e. The zero-order chi connectivity index (χ0) is 19.8. The zero-order valence-corrected chi connectivity index (χ0v) is 13.8. The van der Waals surface area contributed by atoms with Crippen LogP contribution in [0.3, 0.4) is 0 Å². The summed E-state index contributed by atoms with van der Waals surface area (Å²) < 4.78 is 4.94. The van der Waals surface area contributed by atoms with Crippen molar-refractivity contribution >= 4 is 34.6 Å². The van der Waals surface area contributed by atoms with Gasteiger partial charge in [0.25, 0.3) is 23.2 Å². The number of carbonyl (C=O) groups is 2. The fraction of sp³-hybridized carbons (Fsp3) is 0.125. The van der Waals surface area contributed by atoms with Crippen LogP contribution in [-0.4, -0.2) is 34.9 Å². The second kappa shape index (κ2) is 9.01. The first kappa shape index (κ1) is 19.5. The van der Waals surface area contributed by atoms with Crippen molar-refractivity contribution in [2.45, 2.75) is 0 Å². The molecule has 27 heavy (non-hydrogen) atoms. The first-order chi connectivity index (χ1) is 12.9. The van der Waals surface area contributed by atoms with Crippen LogP contribution in [0.4, 0.5) is 22.7 Å². The number of amides is 2. The minimum atomic E-state index is -0.692. The number of ether oxygens (including phenoxy) is 1. The SMILES string of the molecule is O=C(COCC(=O)Nc1ccccc1[N+](=O)[O-])Nc1ccccc1[N+](=O)[O-]. The highest BCUT2D eigenvalue weighted by atomic mass is 16.6. The molecule has 0 spiro atoms. The fourth-order valence-electron chi connectivity index (χ4n) is 2.09. The van der Waals surface area contributed by atoms with E-state index in [1.54, 1.807) is 0 Å². The molecule has 0 bridgehead atoms. The minimum Gasteiger partial charge on any atom is -0.362 e. The van der Waals surface area contributed by atoms with Crippen LogP contribution in [0.2, 0.25) is 0 Å². The Morgan fingerprint density at radius 2 is 1.15 bits per heavy atom. The molecule has 2 rings (SSSR count). The molecule has 0 atom stereocenters. The number of nitro groups is 2. The van der Waals surface area contributed by atoms with E-state index in [0.717, 1.165) is 0 Å². The topological polar surface area (TPSA) is 154 Å². The van der Waals surface area contributed by atoms with Gasteiger partial charge in [0.05, 0.1) is 9.85 Å². The average Bonchev–Trinajstić information content (AvgIpc) is 2.62. The van der Waals surface area contributed by atoms with E-state index in [-0.39, 0.29) is 22.7 Å². The summed E-state index contributed by atoms with van der Waals surface area (Å²) in [6.45, 7) is -1.06. The Bertz CT molecular complexity index is 813. The predicted octanol–water partition coefficient (Wildman–Crippen LogP) is 2.10. The van der Waals surface area contributed by atoms with Crippen LogP contribution in [0.25, 0.3) is 0 Å². The molecule has 0 aliphatic heterocycles. The first-order valence-corrected chi connectivity index (χ1v) is 7.52. The van der Waals surface area contributed by atoms with E-state index in [2.05, 4.69) is 10.6 Å².